The zero-order valence-corrected chi connectivity index (χ0v) is 11.6. The fourth-order valence-corrected chi connectivity index (χ4v) is 3.47. The van der Waals surface area contributed by atoms with E-state index in [1.54, 1.807) is 0 Å². The van der Waals surface area contributed by atoms with Crippen LogP contribution in [0.5, 0.6) is 0 Å². The molecule has 0 aromatic heterocycles. The zero-order valence-electron chi connectivity index (χ0n) is 10.0. The van der Waals surface area contributed by atoms with Gasteiger partial charge in [0, 0.05) is 35.8 Å². The van der Waals surface area contributed by atoms with Gasteiger partial charge in [0.05, 0.1) is 5.56 Å². The Bertz CT molecular complexity index is 491. The van der Waals surface area contributed by atoms with Gasteiger partial charge in [0.2, 0.25) is 0 Å². The number of nitrogens with two attached hydrogens (primary N) is 1. The van der Waals surface area contributed by atoms with E-state index in [1.165, 1.54) is 6.42 Å². The third kappa shape index (κ3) is 1.91. The molecule has 0 bridgehead atoms. The molecular formula is C13H16BrN3O. The SMILES string of the molecule is NC(=O)c1cc(Br)ccc1N1CC[C@H]2CNC[C@H]21. The molecule has 2 aliphatic rings. The Hall–Kier alpha value is -1.07. The number of amides is 1. The Morgan fingerprint density at radius 3 is 3.06 bits per heavy atom. The van der Waals surface area contributed by atoms with Gasteiger partial charge in [0.25, 0.3) is 5.91 Å². The van der Waals surface area contributed by atoms with Crippen molar-refractivity contribution in [3.8, 4) is 0 Å². The third-order valence-electron chi connectivity index (χ3n) is 3.98. The van der Waals surface area contributed by atoms with Crippen molar-refractivity contribution < 1.29 is 4.79 Å². The molecule has 0 spiro atoms. The minimum absolute atomic E-state index is 0.360. The molecule has 1 amide bonds. The number of fused-ring (bicyclic) bond motifs is 1. The number of benzene rings is 1. The summed E-state index contributed by atoms with van der Waals surface area (Å²) in [4.78, 5) is 13.9. The Kier molecular flexibility index (Phi) is 3.03. The summed E-state index contributed by atoms with van der Waals surface area (Å²) in [6.07, 6.45) is 1.19. The van der Waals surface area contributed by atoms with Crippen molar-refractivity contribution in [2.24, 2.45) is 11.7 Å². The van der Waals surface area contributed by atoms with Gasteiger partial charge in [0.15, 0.2) is 0 Å². The second-order valence-electron chi connectivity index (χ2n) is 4.99. The summed E-state index contributed by atoms with van der Waals surface area (Å²) in [5.41, 5.74) is 7.07. The highest BCUT2D eigenvalue weighted by molar-refractivity contribution is 9.10. The Morgan fingerprint density at radius 2 is 2.28 bits per heavy atom. The summed E-state index contributed by atoms with van der Waals surface area (Å²) >= 11 is 3.39. The lowest BCUT2D eigenvalue weighted by Crippen LogP contribution is -2.35. The lowest BCUT2D eigenvalue weighted by atomic mass is 10.0. The van der Waals surface area contributed by atoms with E-state index in [4.69, 9.17) is 5.73 Å². The van der Waals surface area contributed by atoms with E-state index in [9.17, 15) is 4.79 Å². The largest absolute Gasteiger partial charge is 0.366 e. The Morgan fingerprint density at radius 1 is 1.44 bits per heavy atom. The summed E-state index contributed by atoms with van der Waals surface area (Å²) in [6, 6.07) is 6.28. The molecule has 5 heteroatoms. The molecule has 0 aliphatic carbocycles. The maximum atomic E-state index is 11.6. The quantitative estimate of drug-likeness (QED) is 0.867. The van der Waals surface area contributed by atoms with Crippen LogP contribution >= 0.6 is 15.9 Å². The lowest BCUT2D eigenvalue weighted by Gasteiger charge is -2.27. The zero-order chi connectivity index (χ0) is 12.7. The number of halogens is 1. The van der Waals surface area contributed by atoms with E-state index >= 15 is 0 Å². The van der Waals surface area contributed by atoms with Crippen LogP contribution in [0.2, 0.25) is 0 Å². The smallest absolute Gasteiger partial charge is 0.250 e. The Balaban J connectivity index is 1.99. The van der Waals surface area contributed by atoms with Crippen LogP contribution in [0.25, 0.3) is 0 Å². The van der Waals surface area contributed by atoms with Gasteiger partial charge in [-0.3, -0.25) is 4.79 Å². The first kappa shape index (κ1) is 12.0. The highest BCUT2D eigenvalue weighted by Crippen LogP contribution is 2.34. The highest BCUT2D eigenvalue weighted by atomic mass is 79.9. The first-order valence-electron chi connectivity index (χ1n) is 6.23. The lowest BCUT2D eigenvalue weighted by molar-refractivity contribution is 0.100. The maximum absolute atomic E-state index is 11.6. The van der Waals surface area contributed by atoms with Crippen LogP contribution in [0.3, 0.4) is 0 Å². The normalized spacial score (nSPS) is 26.4. The van der Waals surface area contributed by atoms with Crippen LogP contribution in [0, 0.1) is 5.92 Å². The van der Waals surface area contributed by atoms with E-state index in [1.807, 2.05) is 18.2 Å². The van der Waals surface area contributed by atoms with Crippen LogP contribution in [0.15, 0.2) is 22.7 Å². The second-order valence-corrected chi connectivity index (χ2v) is 5.91. The molecular weight excluding hydrogens is 294 g/mol. The van der Waals surface area contributed by atoms with Crippen LogP contribution in [0.4, 0.5) is 5.69 Å². The minimum Gasteiger partial charge on any atom is -0.366 e. The molecule has 1 aromatic carbocycles. The van der Waals surface area contributed by atoms with E-state index in [2.05, 4.69) is 26.1 Å². The summed E-state index contributed by atoms with van der Waals surface area (Å²) in [5, 5.41) is 3.42. The van der Waals surface area contributed by atoms with Crippen molar-refractivity contribution in [3.05, 3.63) is 28.2 Å². The standard InChI is InChI=1S/C13H16BrN3O/c14-9-1-2-11(10(5-9)13(15)18)17-4-3-8-6-16-7-12(8)17/h1-2,5,8,12,16H,3-4,6-7H2,(H2,15,18)/t8-,12+/m0/s1. The fourth-order valence-electron chi connectivity index (χ4n) is 3.10. The van der Waals surface area contributed by atoms with Crippen molar-refractivity contribution in [3.63, 3.8) is 0 Å². The molecule has 0 radical (unpaired) electrons. The number of hydrogen-bond donors (Lipinski definition) is 2. The van der Waals surface area contributed by atoms with E-state index < -0.39 is 0 Å². The van der Waals surface area contributed by atoms with Crippen molar-refractivity contribution in [2.75, 3.05) is 24.5 Å². The predicted molar refractivity (Wildman–Crippen MR) is 74.8 cm³/mol. The van der Waals surface area contributed by atoms with Gasteiger partial charge in [-0.2, -0.15) is 0 Å². The van der Waals surface area contributed by atoms with E-state index in [0.29, 0.717) is 17.5 Å². The second kappa shape index (κ2) is 4.55. The van der Waals surface area contributed by atoms with E-state index in [-0.39, 0.29) is 5.91 Å². The van der Waals surface area contributed by atoms with E-state index in [0.717, 1.165) is 29.8 Å². The van der Waals surface area contributed by atoms with Crippen molar-refractivity contribution in [1.29, 1.82) is 0 Å². The average Bonchev–Trinajstić information content (AvgIpc) is 2.91. The van der Waals surface area contributed by atoms with Gasteiger partial charge >= 0.3 is 0 Å². The summed E-state index contributed by atoms with van der Waals surface area (Å²) < 4.78 is 0.889. The van der Waals surface area contributed by atoms with Crippen molar-refractivity contribution in [2.45, 2.75) is 12.5 Å². The first-order valence-corrected chi connectivity index (χ1v) is 7.03. The Labute approximate surface area is 115 Å². The molecule has 1 aromatic rings. The maximum Gasteiger partial charge on any atom is 0.250 e. The summed E-state index contributed by atoms with van der Waals surface area (Å²) in [6.45, 7) is 3.10. The molecule has 18 heavy (non-hydrogen) atoms. The molecule has 0 saturated carbocycles. The molecule has 2 fully saturated rings. The number of nitrogens with zero attached hydrogens (tertiary/aromatic N) is 1. The average molecular weight is 310 g/mol. The fraction of sp³-hybridized carbons (Fsp3) is 0.462. The van der Waals surface area contributed by atoms with Gasteiger partial charge in [-0.05, 0) is 30.5 Å². The molecule has 2 atom stereocenters. The number of carbonyl (C=O) groups excluding carboxylic acids is 1. The summed E-state index contributed by atoms with van der Waals surface area (Å²) in [7, 11) is 0. The number of carbonyl (C=O) groups is 1. The first-order chi connectivity index (χ1) is 8.66. The molecule has 96 valence electrons. The highest BCUT2D eigenvalue weighted by Gasteiger charge is 2.38. The topological polar surface area (TPSA) is 58.4 Å². The predicted octanol–water partition coefficient (Wildman–Crippen LogP) is 1.35. The number of rotatable bonds is 2. The molecule has 2 heterocycles. The van der Waals surface area contributed by atoms with Crippen molar-refractivity contribution >= 4 is 27.5 Å². The third-order valence-corrected chi connectivity index (χ3v) is 4.47. The molecule has 3 N–H and O–H groups in total. The van der Waals surface area contributed by atoms with Crippen LogP contribution in [0.1, 0.15) is 16.8 Å². The molecule has 2 aliphatic heterocycles. The molecule has 4 nitrogen and oxygen atoms in total. The molecule has 2 saturated heterocycles. The molecule has 0 unspecified atom stereocenters. The van der Waals surface area contributed by atoms with Gasteiger partial charge in [0.1, 0.15) is 0 Å². The van der Waals surface area contributed by atoms with Gasteiger partial charge in [-0.1, -0.05) is 15.9 Å². The van der Waals surface area contributed by atoms with Crippen molar-refractivity contribution in [1.82, 2.24) is 5.32 Å². The van der Waals surface area contributed by atoms with Crippen LogP contribution < -0.4 is 16.0 Å². The van der Waals surface area contributed by atoms with Crippen LogP contribution in [-0.4, -0.2) is 31.6 Å². The van der Waals surface area contributed by atoms with Gasteiger partial charge in [-0.25, -0.2) is 0 Å². The van der Waals surface area contributed by atoms with Gasteiger partial charge in [-0.15, -0.1) is 0 Å². The van der Waals surface area contributed by atoms with Crippen LogP contribution in [-0.2, 0) is 0 Å². The number of nitrogens with one attached hydrogen (secondary N) is 1. The molecule has 3 rings (SSSR count). The van der Waals surface area contributed by atoms with Gasteiger partial charge < -0.3 is 16.0 Å². The number of primary amides is 1. The number of anilines is 1. The number of hydrogen-bond acceptors (Lipinski definition) is 3. The monoisotopic (exact) mass is 309 g/mol. The minimum atomic E-state index is -0.360. The summed E-state index contributed by atoms with van der Waals surface area (Å²) in [5.74, 6) is 0.343.